The molecule has 0 aromatic heterocycles. The molecule has 1 aromatic carbocycles. The van der Waals surface area contributed by atoms with Crippen LogP contribution in [0.3, 0.4) is 0 Å². The molecule has 0 saturated heterocycles. The van der Waals surface area contributed by atoms with E-state index in [0.29, 0.717) is 11.7 Å². The zero-order valence-corrected chi connectivity index (χ0v) is 13.1. The molecule has 0 heterocycles. The summed E-state index contributed by atoms with van der Waals surface area (Å²) in [6, 6.07) is 4.46. The third-order valence-electron chi connectivity index (χ3n) is 4.04. The largest absolute Gasteiger partial charge is 0.507 e. The second kappa shape index (κ2) is 8.24. The van der Waals surface area contributed by atoms with E-state index in [-0.39, 0.29) is 0 Å². The monoisotopic (exact) mass is 262 g/mol. The maximum absolute atomic E-state index is 10.5. The van der Waals surface area contributed by atoms with Gasteiger partial charge in [-0.25, -0.2) is 0 Å². The molecule has 108 valence electrons. The summed E-state index contributed by atoms with van der Waals surface area (Å²) in [5.74, 6) is 1.00. The molecule has 1 atom stereocenters. The normalized spacial score (nSPS) is 12.6. The van der Waals surface area contributed by atoms with E-state index in [9.17, 15) is 5.11 Å². The Balaban J connectivity index is 3.06. The van der Waals surface area contributed by atoms with Gasteiger partial charge in [0.15, 0.2) is 0 Å². The number of hydrogen-bond donors (Lipinski definition) is 1. The van der Waals surface area contributed by atoms with Crippen LogP contribution in [0.5, 0.6) is 5.75 Å². The van der Waals surface area contributed by atoms with Gasteiger partial charge in [0.2, 0.25) is 0 Å². The minimum atomic E-state index is 0.446. The van der Waals surface area contributed by atoms with Crippen molar-refractivity contribution in [2.45, 2.75) is 78.6 Å². The summed E-state index contributed by atoms with van der Waals surface area (Å²) in [5.41, 5.74) is 3.72. The van der Waals surface area contributed by atoms with Crippen molar-refractivity contribution in [1.29, 1.82) is 0 Å². The van der Waals surface area contributed by atoms with Crippen molar-refractivity contribution in [3.05, 3.63) is 28.8 Å². The number of benzene rings is 1. The molecule has 1 heteroatoms. The van der Waals surface area contributed by atoms with Crippen molar-refractivity contribution in [1.82, 2.24) is 0 Å². The van der Waals surface area contributed by atoms with E-state index >= 15 is 0 Å². The van der Waals surface area contributed by atoms with Crippen LogP contribution in [0.4, 0.5) is 0 Å². The van der Waals surface area contributed by atoms with Gasteiger partial charge in [0.1, 0.15) is 5.75 Å². The number of phenols is 1. The van der Waals surface area contributed by atoms with Gasteiger partial charge in [-0.1, -0.05) is 52.7 Å². The lowest BCUT2D eigenvalue weighted by Crippen LogP contribution is -1.99. The minimum absolute atomic E-state index is 0.446. The average Bonchev–Trinajstić information content (AvgIpc) is 2.43. The molecular weight excluding hydrogens is 232 g/mol. The van der Waals surface area contributed by atoms with Gasteiger partial charge in [0.05, 0.1) is 0 Å². The van der Waals surface area contributed by atoms with Crippen molar-refractivity contribution in [3.8, 4) is 5.75 Å². The van der Waals surface area contributed by atoms with Crippen molar-refractivity contribution < 1.29 is 5.11 Å². The van der Waals surface area contributed by atoms with Gasteiger partial charge in [0, 0.05) is 0 Å². The van der Waals surface area contributed by atoms with Gasteiger partial charge >= 0.3 is 0 Å². The smallest absolute Gasteiger partial charge is 0.122 e. The lowest BCUT2D eigenvalue weighted by atomic mass is 9.90. The first kappa shape index (κ1) is 16.1. The molecule has 1 nitrogen and oxygen atoms in total. The van der Waals surface area contributed by atoms with Gasteiger partial charge in [-0.05, 0) is 54.7 Å². The molecule has 0 amide bonds. The quantitative estimate of drug-likeness (QED) is 0.647. The molecule has 0 aliphatic carbocycles. The Labute approximate surface area is 119 Å². The van der Waals surface area contributed by atoms with E-state index in [0.717, 1.165) is 36.8 Å². The van der Waals surface area contributed by atoms with Gasteiger partial charge in [-0.15, -0.1) is 0 Å². The molecule has 1 rings (SSSR count). The lowest BCUT2D eigenvalue weighted by Gasteiger charge is -2.17. The molecule has 1 unspecified atom stereocenters. The fourth-order valence-electron chi connectivity index (χ4n) is 2.47. The summed E-state index contributed by atoms with van der Waals surface area (Å²) in [4.78, 5) is 0. The summed E-state index contributed by atoms with van der Waals surface area (Å²) < 4.78 is 0. The molecule has 0 radical (unpaired) electrons. The van der Waals surface area contributed by atoms with Crippen molar-refractivity contribution in [2.24, 2.45) is 0 Å². The molecule has 0 bridgehead atoms. The summed E-state index contributed by atoms with van der Waals surface area (Å²) in [5, 5.41) is 10.5. The van der Waals surface area contributed by atoms with Crippen molar-refractivity contribution >= 4 is 0 Å². The average molecular weight is 262 g/mol. The van der Waals surface area contributed by atoms with Crippen LogP contribution in [-0.4, -0.2) is 5.11 Å². The summed E-state index contributed by atoms with van der Waals surface area (Å²) in [7, 11) is 0. The Morgan fingerprint density at radius 1 is 1.00 bits per heavy atom. The lowest BCUT2D eigenvalue weighted by molar-refractivity contribution is 0.453. The summed E-state index contributed by atoms with van der Waals surface area (Å²) in [6.07, 6.45) is 8.02. The second-order valence-electron chi connectivity index (χ2n) is 5.71. The van der Waals surface area contributed by atoms with Gasteiger partial charge < -0.3 is 5.11 Å². The molecule has 0 aliphatic heterocycles. The summed E-state index contributed by atoms with van der Waals surface area (Å²) >= 11 is 0. The topological polar surface area (TPSA) is 20.2 Å². The number of aromatic hydroxyl groups is 1. The first-order chi connectivity index (χ1) is 9.13. The standard InChI is InChI=1S/C18H30O/c1-5-8-10-15-12-16(11-9-6-2)18(19)17(13-15)14(4)7-3/h12-14,19H,5-11H2,1-4H3. The van der Waals surface area contributed by atoms with Crippen LogP contribution in [0, 0.1) is 0 Å². The van der Waals surface area contributed by atoms with Crippen LogP contribution >= 0.6 is 0 Å². The molecule has 0 spiro atoms. The molecular formula is C18H30O. The zero-order valence-electron chi connectivity index (χ0n) is 13.1. The van der Waals surface area contributed by atoms with Crippen LogP contribution in [0.25, 0.3) is 0 Å². The van der Waals surface area contributed by atoms with E-state index in [2.05, 4.69) is 39.8 Å². The fourth-order valence-corrected chi connectivity index (χ4v) is 2.47. The van der Waals surface area contributed by atoms with Crippen LogP contribution in [0.15, 0.2) is 12.1 Å². The molecule has 0 aliphatic rings. The number of phenolic OH excluding ortho intramolecular Hbond substituents is 1. The minimum Gasteiger partial charge on any atom is -0.507 e. The number of unbranched alkanes of at least 4 members (excludes halogenated alkanes) is 2. The first-order valence-corrected chi connectivity index (χ1v) is 7.98. The fraction of sp³-hybridized carbons (Fsp3) is 0.667. The predicted octanol–water partition coefficient (Wildman–Crippen LogP) is 5.59. The van der Waals surface area contributed by atoms with Gasteiger partial charge in [-0.3, -0.25) is 0 Å². The molecule has 0 saturated carbocycles. The first-order valence-electron chi connectivity index (χ1n) is 7.98. The number of hydrogen-bond acceptors (Lipinski definition) is 1. The van der Waals surface area contributed by atoms with Crippen molar-refractivity contribution in [2.75, 3.05) is 0 Å². The van der Waals surface area contributed by atoms with Crippen LogP contribution in [-0.2, 0) is 12.8 Å². The number of aryl methyl sites for hydroxylation is 2. The van der Waals surface area contributed by atoms with Crippen molar-refractivity contribution in [3.63, 3.8) is 0 Å². The van der Waals surface area contributed by atoms with E-state index in [1.807, 2.05) is 0 Å². The molecule has 1 N–H and O–H groups in total. The van der Waals surface area contributed by atoms with Gasteiger partial charge in [-0.2, -0.15) is 0 Å². The maximum atomic E-state index is 10.5. The Hall–Kier alpha value is -0.980. The van der Waals surface area contributed by atoms with E-state index in [1.54, 1.807) is 0 Å². The number of rotatable bonds is 8. The summed E-state index contributed by atoms with van der Waals surface area (Å²) in [6.45, 7) is 8.83. The maximum Gasteiger partial charge on any atom is 0.122 e. The van der Waals surface area contributed by atoms with Gasteiger partial charge in [0.25, 0.3) is 0 Å². The van der Waals surface area contributed by atoms with Crippen LogP contribution in [0.2, 0.25) is 0 Å². The van der Waals surface area contributed by atoms with E-state index < -0.39 is 0 Å². The second-order valence-corrected chi connectivity index (χ2v) is 5.71. The Kier molecular flexibility index (Phi) is 6.97. The highest BCUT2D eigenvalue weighted by Gasteiger charge is 2.14. The predicted molar refractivity (Wildman–Crippen MR) is 84.0 cm³/mol. The molecule has 19 heavy (non-hydrogen) atoms. The Morgan fingerprint density at radius 3 is 2.21 bits per heavy atom. The highest BCUT2D eigenvalue weighted by molar-refractivity contribution is 5.45. The molecule has 1 aromatic rings. The zero-order chi connectivity index (χ0) is 14.3. The van der Waals surface area contributed by atoms with Crippen LogP contribution in [0.1, 0.15) is 82.4 Å². The Morgan fingerprint density at radius 2 is 1.63 bits per heavy atom. The van der Waals surface area contributed by atoms with Crippen LogP contribution < -0.4 is 0 Å². The van der Waals surface area contributed by atoms with E-state index in [4.69, 9.17) is 0 Å². The van der Waals surface area contributed by atoms with E-state index in [1.165, 1.54) is 24.8 Å². The highest BCUT2D eigenvalue weighted by atomic mass is 16.3. The third-order valence-corrected chi connectivity index (χ3v) is 4.04. The Bertz CT molecular complexity index is 382. The molecule has 0 fully saturated rings. The highest BCUT2D eigenvalue weighted by Crippen LogP contribution is 2.33. The SMILES string of the molecule is CCCCc1cc(CCCC)c(O)c(C(C)CC)c1. The third kappa shape index (κ3) is 4.56.